The summed E-state index contributed by atoms with van der Waals surface area (Å²) in [5.41, 5.74) is 1.15. The average Bonchev–Trinajstić information content (AvgIpc) is 3.10. The first kappa shape index (κ1) is 12.5. The van der Waals surface area contributed by atoms with Gasteiger partial charge in [0.2, 0.25) is 0 Å². The van der Waals surface area contributed by atoms with Gasteiger partial charge in [0, 0.05) is 18.1 Å². The lowest BCUT2D eigenvalue weighted by Crippen LogP contribution is -2.06. The molecule has 2 aromatic heterocycles. The van der Waals surface area contributed by atoms with Crippen LogP contribution in [-0.4, -0.2) is 19.9 Å². The van der Waals surface area contributed by atoms with Gasteiger partial charge in [0.05, 0.1) is 6.54 Å². The van der Waals surface area contributed by atoms with Gasteiger partial charge in [-0.25, -0.2) is 14.1 Å². The Bertz CT molecular complexity index is 706. The molecule has 1 aromatic carbocycles. The number of aryl methyl sites for hydroxylation is 1. The maximum absolute atomic E-state index is 13.7. The van der Waals surface area contributed by atoms with Crippen molar-refractivity contribution >= 4 is 0 Å². The lowest BCUT2D eigenvalue weighted by atomic mass is 10.2. The van der Waals surface area contributed by atoms with Crippen LogP contribution in [0.15, 0.2) is 41.1 Å². The van der Waals surface area contributed by atoms with E-state index in [0.717, 1.165) is 0 Å². The summed E-state index contributed by atoms with van der Waals surface area (Å²) in [5.74, 6) is 1.02. The van der Waals surface area contributed by atoms with Crippen molar-refractivity contribution in [3.8, 4) is 11.5 Å². The molecule has 0 radical (unpaired) electrons. The highest BCUT2D eigenvalue weighted by molar-refractivity contribution is 5.47. The Morgan fingerprint density at radius 2 is 2.10 bits per heavy atom. The van der Waals surface area contributed by atoms with E-state index >= 15 is 0 Å². The van der Waals surface area contributed by atoms with Gasteiger partial charge in [0.1, 0.15) is 12.1 Å². The quantitative estimate of drug-likeness (QED) is 0.732. The molecule has 0 bridgehead atoms. The second-order valence-corrected chi connectivity index (χ2v) is 4.34. The maximum Gasteiger partial charge on any atom is 0.180 e. The molecule has 0 unspecified atom stereocenters. The van der Waals surface area contributed by atoms with Crippen molar-refractivity contribution in [2.45, 2.75) is 19.9 Å². The molecular formula is C14H13FN4O. The first-order valence-electron chi connectivity index (χ1n) is 6.36. The fourth-order valence-corrected chi connectivity index (χ4v) is 1.95. The Morgan fingerprint density at radius 1 is 1.25 bits per heavy atom. The van der Waals surface area contributed by atoms with Crippen LogP contribution in [-0.2, 0) is 13.0 Å². The zero-order valence-electron chi connectivity index (χ0n) is 11.0. The molecule has 3 rings (SSSR count). The van der Waals surface area contributed by atoms with Crippen LogP contribution >= 0.6 is 0 Å². The SMILES string of the molecule is CCc1nc(-c2ccon2)n(Cc2ccccc2F)n1. The largest absolute Gasteiger partial charge is 0.364 e. The van der Waals surface area contributed by atoms with Crippen molar-refractivity contribution in [3.63, 3.8) is 0 Å². The monoisotopic (exact) mass is 272 g/mol. The maximum atomic E-state index is 13.7. The van der Waals surface area contributed by atoms with Crippen molar-refractivity contribution in [1.82, 2.24) is 19.9 Å². The van der Waals surface area contributed by atoms with E-state index in [1.165, 1.54) is 12.3 Å². The minimum Gasteiger partial charge on any atom is -0.364 e. The van der Waals surface area contributed by atoms with Crippen molar-refractivity contribution in [2.24, 2.45) is 0 Å². The molecule has 0 spiro atoms. The third-order valence-electron chi connectivity index (χ3n) is 2.98. The summed E-state index contributed by atoms with van der Waals surface area (Å²) in [6, 6.07) is 8.33. The number of benzene rings is 1. The summed E-state index contributed by atoms with van der Waals surface area (Å²) in [5, 5.41) is 8.25. The van der Waals surface area contributed by atoms with Crippen molar-refractivity contribution in [3.05, 3.63) is 53.8 Å². The van der Waals surface area contributed by atoms with Gasteiger partial charge in [-0.05, 0) is 6.07 Å². The standard InChI is InChI=1S/C14H13FN4O/c1-2-13-16-14(12-7-8-20-18-12)19(17-13)9-10-5-3-4-6-11(10)15/h3-8H,2,9H2,1H3. The zero-order valence-corrected chi connectivity index (χ0v) is 11.0. The molecule has 0 N–H and O–H groups in total. The van der Waals surface area contributed by atoms with Gasteiger partial charge in [-0.2, -0.15) is 5.10 Å². The molecule has 0 saturated carbocycles. The molecule has 0 atom stereocenters. The van der Waals surface area contributed by atoms with Gasteiger partial charge < -0.3 is 4.52 Å². The highest BCUT2D eigenvalue weighted by Gasteiger charge is 2.15. The Hall–Kier alpha value is -2.50. The number of rotatable bonds is 4. The van der Waals surface area contributed by atoms with Crippen LogP contribution < -0.4 is 0 Å². The minimum absolute atomic E-state index is 0.257. The van der Waals surface area contributed by atoms with E-state index in [-0.39, 0.29) is 5.82 Å². The van der Waals surface area contributed by atoms with E-state index < -0.39 is 0 Å². The summed E-state index contributed by atoms with van der Waals surface area (Å²) in [6.45, 7) is 2.28. The predicted octanol–water partition coefficient (Wildman–Crippen LogP) is 2.68. The normalized spacial score (nSPS) is 10.9. The van der Waals surface area contributed by atoms with E-state index in [1.54, 1.807) is 28.9 Å². The van der Waals surface area contributed by atoms with Gasteiger partial charge in [0.15, 0.2) is 17.3 Å². The van der Waals surface area contributed by atoms with Crippen molar-refractivity contribution < 1.29 is 8.91 Å². The lowest BCUT2D eigenvalue weighted by Gasteiger charge is -2.05. The molecule has 5 nitrogen and oxygen atoms in total. The van der Waals surface area contributed by atoms with E-state index in [4.69, 9.17) is 4.52 Å². The van der Waals surface area contributed by atoms with E-state index in [2.05, 4.69) is 15.2 Å². The van der Waals surface area contributed by atoms with Gasteiger partial charge in [-0.1, -0.05) is 30.3 Å². The Balaban J connectivity index is 2.01. The first-order valence-corrected chi connectivity index (χ1v) is 6.36. The predicted molar refractivity (Wildman–Crippen MR) is 70.4 cm³/mol. The van der Waals surface area contributed by atoms with Crippen LogP contribution in [0.5, 0.6) is 0 Å². The molecule has 6 heteroatoms. The third kappa shape index (κ3) is 2.32. The van der Waals surface area contributed by atoms with Crippen LogP contribution in [0.2, 0.25) is 0 Å². The molecule has 102 valence electrons. The summed E-state index contributed by atoms with van der Waals surface area (Å²) < 4.78 is 20.2. The van der Waals surface area contributed by atoms with E-state index in [1.807, 2.05) is 6.92 Å². The smallest absolute Gasteiger partial charge is 0.180 e. The summed E-state index contributed by atoms with van der Waals surface area (Å²) in [6.07, 6.45) is 2.18. The topological polar surface area (TPSA) is 56.7 Å². The van der Waals surface area contributed by atoms with Gasteiger partial charge in [-0.15, -0.1) is 0 Å². The molecule has 0 aliphatic rings. The average molecular weight is 272 g/mol. The van der Waals surface area contributed by atoms with Crippen LogP contribution in [0.25, 0.3) is 11.5 Å². The fraction of sp³-hybridized carbons (Fsp3) is 0.214. The second kappa shape index (κ2) is 5.24. The Morgan fingerprint density at radius 3 is 2.80 bits per heavy atom. The summed E-state index contributed by atoms with van der Waals surface area (Å²) >= 11 is 0. The number of hydrogen-bond donors (Lipinski definition) is 0. The highest BCUT2D eigenvalue weighted by atomic mass is 19.1. The van der Waals surface area contributed by atoms with E-state index in [0.29, 0.717) is 35.9 Å². The molecule has 0 aliphatic carbocycles. The van der Waals surface area contributed by atoms with Crippen LogP contribution in [0.1, 0.15) is 18.3 Å². The number of aromatic nitrogens is 4. The third-order valence-corrected chi connectivity index (χ3v) is 2.98. The number of nitrogens with zero attached hydrogens (tertiary/aromatic N) is 4. The first-order chi connectivity index (χ1) is 9.78. The van der Waals surface area contributed by atoms with Gasteiger partial charge >= 0.3 is 0 Å². The van der Waals surface area contributed by atoms with Crippen LogP contribution in [0.4, 0.5) is 4.39 Å². The molecule has 0 fully saturated rings. The summed E-state index contributed by atoms with van der Waals surface area (Å²) in [4.78, 5) is 4.40. The molecule has 20 heavy (non-hydrogen) atoms. The summed E-state index contributed by atoms with van der Waals surface area (Å²) in [7, 11) is 0. The van der Waals surface area contributed by atoms with Crippen molar-refractivity contribution in [1.29, 1.82) is 0 Å². The molecular weight excluding hydrogens is 259 g/mol. The zero-order chi connectivity index (χ0) is 13.9. The number of hydrogen-bond acceptors (Lipinski definition) is 4. The second-order valence-electron chi connectivity index (χ2n) is 4.34. The lowest BCUT2D eigenvalue weighted by molar-refractivity contribution is 0.421. The molecule has 2 heterocycles. The van der Waals surface area contributed by atoms with Crippen LogP contribution in [0, 0.1) is 5.82 Å². The Kier molecular flexibility index (Phi) is 3.28. The van der Waals surface area contributed by atoms with E-state index in [9.17, 15) is 4.39 Å². The molecule has 0 saturated heterocycles. The van der Waals surface area contributed by atoms with Crippen LogP contribution in [0.3, 0.4) is 0 Å². The molecule has 0 aliphatic heterocycles. The minimum atomic E-state index is -0.257. The van der Waals surface area contributed by atoms with Gasteiger partial charge in [0.25, 0.3) is 0 Å². The van der Waals surface area contributed by atoms with Crippen molar-refractivity contribution in [2.75, 3.05) is 0 Å². The Labute approximate surface area is 115 Å². The molecule has 3 aromatic rings. The fourth-order valence-electron chi connectivity index (χ4n) is 1.95. The van der Waals surface area contributed by atoms with Gasteiger partial charge in [-0.3, -0.25) is 0 Å². The highest BCUT2D eigenvalue weighted by Crippen LogP contribution is 2.17. The number of halogens is 1. The molecule has 0 amide bonds.